The van der Waals surface area contributed by atoms with Crippen LogP contribution in [0.4, 0.5) is 0 Å². The van der Waals surface area contributed by atoms with Gasteiger partial charge in [-0.3, -0.25) is 0 Å². The zero-order valence-corrected chi connectivity index (χ0v) is 10.2. The topological polar surface area (TPSA) is 77.6 Å². The van der Waals surface area contributed by atoms with Gasteiger partial charge in [0.25, 0.3) is 0 Å². The predicted molar refractivity (Wildman–Crippen MR) is 61.0 cm³/mol. The fraction of sp³-hybridized carbons (Fsp3) is 0.833. The number of rotatable bonds is 2. The third-order valence-corrected chi connectivity index (χ3v) is 3.61. The molecule has 18 heavy (non-hydrogen) atoms. The molecule has 0 bridgehead atoms. The van der Waals surface area contributed by atoms with Crippen LogP contribution >= 0.6 is 0 Å². The Morgan fingerprint density at radius 3 is 2.67 bits per heavy atom. The number of aromatic nitrogens is 2. The Hall–Kier alpha value is -0.980. The number of hydrogen-bond acceptors (Lipinski definition) is 6. The molecule has 0 amide bonds. The molecule has 1 aromatic heterocycles. The Balaban J connectivity index is 1.65. The normalized spacial score (nSPS) is 33.5. The molecule has 1 aliphatic heterocycles. The van der Waals surface area contributed by atoms with Crippen LogP contribution in [0, 0.1) is 0 Å². The SMILES string of the molecule is OC1CCC(c2nc(C3COCCO3)no2)CC1. The van der Waals surface area contributed by atoms with Crippen molar-refractivity contribution in [3.8, 4) is 0 Å². The second-order valence-corrected chi connectivity index (χ2v) is 4.93. The summed E-state index contributed by atoms with van der Waals surface area (Å²) in [5.74, 6) is 1.53. The van der Waals surface area contributed by atoms with E-state index < -0.39 is 0 Å². The van der Waals surface area contributed by atoms with Gasteiger partial charge in [-0.05, 0) is 25.7 Å². The molecule has 0 aromatic carbocycles. The van der Waals surface area contributed by atoms with E-state index in [2.05, 4.69) is 10.1 Å². The van der Waals surface area contributed by atoms with Gasteiger partial charge in [0.1, 0.15) is 6.10 Å². The third kappa shape index (κ3) is 2.55. The number of nitrogens with zero attached hydrogens (tertiary/aromatic N) is 2. The minimum atomic E-state index is -0.203. The van der Waals surface area contributed by atoms with Gasteiger partial charge in [-0.1, -0.05) is 5.16 Å². The summed E-state index contributed by atoms with van der Waals surface area (Å²) in [6.07, 6.45) is 3.07. The minimum Gasteiger partial charge on any atom is -0.393 e. The third-order valence-electron chi connectivity index (χ3n) is 3.61. The molecule has 6 nitrogen and oxygen atoms in total. The first-order chi connectivity index (χ1) is 8.83. The summed E-state index contributed by atoms with van der Waals surface area (Å²) in [4.78, 5) is 4.42. The van der Waals surface area contributed by atoms with Gasteiger partial charge in [-0.2, -0.15) is 4.98 Å². The molecule has 2 aliphatic rings. The first-order valence-corrected chi connectivity index (χ1v) is 6.54. The maximum Gasteiger partial charge on any atom is 0.229 e. The van der Waals surface area contributed by atoms with Gasteiger partial charge in [0.2, 0.25) is 11.7 Å². The molecule has 100 valence electrons. The van der Waals surface area contributed by atoms with E-state index in [4.69, 9.17) is 14.0 Å². The van der Waals surface area contributed by atoms with E-state index in [9.17, 15) is 5.11 Å². The van der Waals surface area contributed by atoms with E-state index in [1.54, 1.807) is 0 Å². The maximum atomic E-state index is 9.48. The van der Waals surface area contributed by atoms with Crippen molar-refractivity contribution < 1.29 is 19.1 Å². The van der Waals surface area contributed by atoms with Crippen molar-refractivity contribution in [1.82, 2.24) is 10.1 Å². The average Bonchev–Trinajstić information content (AvgIpc) is 2.90. The van der Waals surface area contributed by atoms with Crippen LogP contribution in [0.5, 0.6) is 0 Å². The number of hydrogen-bond donors (Lipinski definition) is 1. The van der Waals surface area contributed by atoms with Gasteiger partial charge in [0.05, 0.1) is 25.9 Å². The lowest BCUT2D eigenvalue weighted by atomic mass is 9.87. The molecule has 1 atom stereocenters. The van der Waals surface area contributed by atoms with E-state index in [1.807, 2.05) is 0 Å². The Morgan fingerprint density at radius 1 is 1.11 bits per heavy atom. The van der Waals surface area contributed by atoms with E-state index in [-0.39, 0.29) is 18.1 Å². The lowest BCUT2D eigenvalue weighted by Gasteiger charge is -2.22. The summed E-state index contributed by atoms with van der Waals surface area (Å²) in [5, 5.41) is 13.5. The first kappa shape index (κ1) is 12.1. The Labute approximate surface area is 105 Å². The highest BCUT2D eigenvalue weighted by Crippen LogP contribution is 2.32. The fourth-order valence-corrected chi connectivity index (χ4v) is 2.50. The van der Waals surface area contributed by atoms with Crippen molar-refractivity contribution in [2.75, 3.05) is 19.8 Å². The molecule has 6 heteroatoms. The van der Waals surface area contributed by atoms with Crippen molar-refractivity contribution in [2.45, 2.75) is 43.8 Å². The van der Waals surface area contributed by atoms with Crippen molar-refractivity contribution in [1.29, 1.82) is 0 Å². The highest BCUT2D eigenvalue weighted by atomic mass is 16.6. The monoisotopic (exact) mass is 254 g/mol. The first-order valence-electron chi connectivity index (χ1n) is 6.54. The van der Waals surface area contributed by atoms with Crippen LogP contribution in [0.1, 0.15) is 49.4 Å². The van der Waals surface area contributed by atoms with Crippen LogP contribution in [-0.2, 0) is 9.47 Å². The predicted octanol–water partition coefficient (Wildman–Crippen LogP) is 1.18. The largest absolute Gasteiger partial charge is 0.393 e. The van der Waals surface area contributed by atoms with E-state index in [0.717, 1.165) is 25.7 Å². The van der Waals surface area contributed by atoms with Gasteiger partial charge in [-0.15, -0.1) is 0 Å². The Bertz CT molecular complexity index is 381. The molecular weight excluding hydrogens is 236 g/mol. The second-order valence-electron chi connectivity index (χ2n) is 4.93. The van der Waals surface area contributed by atoms with Crippen LogP contribution in [0.2, 0.25) is 0 Å². The summed E-state index contributed by atoms with van der Waals surface area (Å²) >= 11 is 0. The molecule has 3 rings (SSSR count). The van der Waals surface area contributed by atoms with Crippen molar-refractivity contribution in [2.24, 2.45) is 0 Å². The van der Waals surface area contributed by atoms with Crippen LogP contribution < -0.4 is 0 Å². The molecule has 2 heterocycles. The summed E-state index contributed by atoms with van der Waals surface area (Å²) in [6, 6.07) is 0. The van der Waals surface area contributed by atoms with Crippen LogP contribution in [0.3, 0.4) is 0 Å². The van der Waals surface area contributed by atoms with E-state index in [0.29, 0.717) is 31.5 Å². The second kappa shape index (κ2) is 5.34. The van der Waals surface area contributed by atoms with Gasteiger partial charge >= 0.3 is 0 Å². The molecule has 1 aromatic rings. The van der Waals surface area contributed by atoms with Gasteiger partial charge in [0, 0.05) is 5.92 Å². The zero-order valence-electron chi connectivity index (χ0n) is 10.2. The summed E-state index contributed by atoms with van der Waals surface area (Å²) in [5.41, 5.74) is 0. The fourth-order valence-electron chi connectivity index (χ4n) is 2.50. The summed E-state index contributed by atoms with van der Waals surface area (Å²) < 4.78 is 16.2. The highest BCUT2D eigenvalue weighted by Gasteiger charge is 2.28. The van der Waals surface area contributed by atoms with Gasteiger partial charge in [0.15, 0.2) is 0 Å². The zero-order chi connectivity index (χ0) is 12.4. The van der Waals surface area contributed by atoms with E-state index in [1.165, 1.54) is 0 Å². The van der Waals surface area contributed by atoms with Gasteiger partial charge < -0.3 is 19.1 Å². The number of aliphatic hydroxyl groups is 1. The molecule has 0 radical (unpaired) electrons. The molecule has 1 saturated heterocycles. The lowest BCUT2D eigenvalue weighted by Crippen LogP contribution is -2.23. The summed E-state index contributed by atoms with van der Waals surface area (Å²) in [6.45, 7) is 1.69. The minimum absolute atomic E-state index is 0.168. The maximum absolute atomic E-state index is 9.48. The van der Waals surface area contributed by atoms with Crippen molar-refractivity contribution in [3.05, 3.63) is 11.7 Å². The number of aliphatic hydroxyl groups excluding tert-OH is 1. The lowest BCUT2D eigenvalue weighted by molar-refractivity contribution is -0.0941. The quantitative estimate of drug-likeness (QED) is 0.853. The molecule has 1 unspecified atom stereocenters. The molecule has 0 spiro atoms. The molecular formula is C12H18N2O4. The number of ether oxygens (including phenoxy) is 2. The highest BCUT2D eigenvalue weighted by molar-refractivity contribution is 4.99. The average molecular weight is 254 g/mol. The van der Waals surface area contributed by atoms with Crippen LogP contribution in [0.25, 0.3) is 0 Å². The molecule has 2 fully saturated rings. The Morgan fingerprint density at radius 2 is 1.94 bits per heavy atom. The van der Waals surface area contributed by atoms with Crippen molar-refractivity contribution in [3.63, 3.8) is 0 Å². The smallest absolute Gasteiger partial charge is 0.229 e. The molecule has 1 saturated carbocycles. The summed E-state index contributed by atoms with van der Waals surface area (Å²) in [7, 11) is 0. The standard InChI is InChI=1S/C12H18N2O4/c15-9-3-1-8(2-4-9)12-13-11(14-18-12)10-7-16-5-6-17-10/h8-10,15H,1-7H2. The van der Waals surface area contributed by atoms with Crippen molar-refractivity contribution >= 4 is 0 Å². The molecule has 1 aliphatic carbocycles. The molecule has 1 N–H and O–H groups in total. The Kier molecular flexibility index (Phi) is 3.58. The van der Waals surface area contributed by atoms with Crippen LogP contribution in [-0.4, -0.2) is 41.2 Å². The van der Waals surface area contributed by atoms with Crippen LogP contribution in [0.15, 0.2) is 4.52 Å². The van der Waals surface area contributed by atoms with Gasteiger partial charge in [-0.25, -0.2) is 0 Å². The van der Waals surface area contributed by atoms with E-state index >= 15 is 0 Å².